The third-order valence-corrected chi connectivity index (χ3v) is 2.56. The lowest BCUT2D eigenvalue weighted by Crippen LogP contribution is -2.23. The van der Waals surface area contributed by atoms with E-state index in [4.69, 9.17) is 5.73 Å². The highest BCUT2D eigenvalue weighted by Crippen LogP contribution is 2.47. The van der Waals surface area contributed by atoms with E-state index in [9.17, 15) is 13.2 Å². The molecule has 0 spiro atoms. The van der Waals surface area contributed by atoms with E-state index >= 15 is 0 Å². The van der Waals surface area contributed by atoms with Crippen LogP contribution in [0, 0.1) is 0 Å². The summed E-state index contributed by atoms with van der Waals surface area (Å²) in [7, 11) is 0. The summed E-state index contributed by atoms with van der Waals surface area (Å²) >= 11 is 0. The monoisotopic (exact) mass is 201 g/mol. The number of alkyl halides is 3. The molecule has 2 N–H and O–H groups in total. The summed E-state index contributed by atoms with van der Waals surface area (Å²) in [4.78, 5) is 0. The summed E-state index contributed by atoms with van der Waals surface area (Å²) in [5, 5.41) is 0. The average Bonchev–Trinajstić information content (AvgIpc) is 2.84. The van der Waals surface area contributed by atoms with Gasteiger partial charge >= 0.3 is 6.18 Å². The highest BCUT2D eigenvalue weighted by Gasteiger charge is 2.46. The van der Waals surface area contributed by atoms with Crippen molar-refractivity contribution < 1.29 is 13.2 Å². The van der Waals surface area contributed by atoms with E-state index in [1.807, 2.05) is 0 Å². The zero-order valence-electron chi connectivity index (χ0n) is 7.43. The molecule has 0 unspecified atom stereocenters. The highest BCUT2D eigenvalue weighted by molar-refractivity contribution is 5.38. The minimum Gasteiger partial charge on any atom is -0.321 e. The van der Waals surface area contributed by atoms with Crippen molar-refractivity contribution in [2.24, 2.45) is 5.73 Å². The van der Waals surface area contributed by atoms with Crippen LogP contribution in [0.3, 0.4) is 0 Å². The molecule has 4 heteroatoms. The normalized spacial score (nSPS) is 19.4. The SMILES string of the molecule is NC1(c2ccccc2C(F)(F)F)CC1. The van der Waals surface area contributed by atoms with Gasteiger partial charge in [-0.05, 0) is 24.5 Å². The zero-order chi connectivity index (χ0) is 10.4. The molecule has 14 heavy (non-hydrogen) atoms. The Morgan fingerprint density at radius 2 is 1.71 bits per heavy atom. The zero-order valence-corrected chi connectivity index (χ0v) is 7.43. The van der Waals surface area contributed by atoms with Crippen LogP contribution in [0.2, 0.25) is 0 Å². The molecule has 1 aliphatic carbocycles. The minimum absolute atomic E-state index is 0.229. The Bertz CT molecular complexity index is 328. The van der Waals surface area contributed by atoms with Crippen LogP contribution in [0.15, 0.2) is 24.3 Å². The van der Waals surface area contributed by atoms with Gasteiger partial charge in [-0.15, -0.1) is 0 Å². The molecule has 2 rings (SSSR count). The molecule has 0 heterocycles. The Morgan fingerprint density at radius 1 is 1.14 bits per heavy atom. The lowest BCUT2D eigenvalue weighted by molar-refractivity contribution is -0.138. The largest absolute Gasteiger partial charge is 0.416 e. The van der Waals surface area contributed by atoms with Gasteiger partial charge in [0, 0.05) is 5.54 Å². The molecule has 0 saturated heterocycles. The lowest BCUT2D eigenvalue weighted by atomic mass is 9.99. The maximum Gasteiger partial charge on any atom is 0.416 e. The van der Waals surface area contributed by atoms with Crippen LogP contribution in [-0.4, -0.2) is 0 Å². The van der Waals surface area contributed by atoms with E-state index in [0.717, 1.165) is 6.07 Å². The van der Waals surface area contributed by atoms with Crippen molar-refractivity contribution in [2.45, 2.75) is 24.6 Å². The molecule has 1 saturated carbocycles. The summed E-state index contributed by atoms with van der Waals surface area (Å²) < 4.78 is 37.7. The fourth-order valence-electron chi connectivity index (χ4n) is 1.57. The molecule has 1 fully saturated rings. The number of benzene rings is 1. The van der Waals surface area contributed by atoms with E-state index in [-0.39, 0.29) is 5.56 Å². The maximum atomic E-state index is 12.6. The summed E-state index contributed by atoms with van der Waals surface area (Å²) in [6.45, 7) is 0. The highest BCUT2D eigenvalue weighted by atomic mass is 19.4. The average molecular weight is 201 g/mol. The number of hydrogen-bond acceptors (Lipinski definition) is 1. The van der Waals surface area contributed by atoms with Gasteiger partial charge in [0.15, 0.2) is 0 Å². The summed E-state index contributed by atoms with van der Waals surface area (Å²) in [6, 6.07) is 5.54. The molecule has 0 aromatic heterocycles. The molecule has 76 valence electrons. The van der Waals surface area contributed by atoms with Crippen molar-refractivity contribution >= 4 is 0 Å². The van der Waals surface area contributed by atoms with Gasteiger partial charge in [-0.1, -0.05) is 18.2 Å². The molecule has 1 aromatic carbocycles. The third kappa shape index (κ3) is 1.50. The molecular weight excluding hydrogens is 191 g/mol. The molecular formula is C10H10F3N. The van der Waals surface area contributed by atoms with Crippen LogP contribution < -0.4 is 5.73 Å². The van der Waals surface area contributed by atoms with Gasteiger partial charge in [0.2, 0.25) is 0 Å². The fourth-order valence-corrected chi connectivity index (χ4v) is 1.57. The number of rotatable bonds is 1. The Hall–Kier alpha value is -1.03. The fraction of sp³-hybridized carbons (Fsp3) is 0.400. The minimum atomic E-state index is -4.30. The van der Waals surface area contributed by atoms with Gasteiger partial charge in [0.1, 0.15) is 0 Å². The van der Waals surface area contributed by atoms with Gasteiger partial charge in [-0.2, -0.15) is 13.2 Å². The van der Waals surface area contributed by atoms with Gasteiger partial charge in [0.25, 0.3) is 0 Å². The van der Waals surface area contributed by atoms with Crippen LogP contribution in [0.25, 0.3) is 0 Å². The standard InChI is InChI=1S/C10H10F3N/c11-10(12,13)8-4-2-1-3-7(8)9(14)5-6-9/h1-4H,5-6,14H2. The van der Waals surface area contributed by atoms with Crippen LogP contribution in [-0.2, 0) is 11.7 Å². The van der Waals surface area contributed by atoms with Crippen molar-refractivity contribution in [3.8, 4) is 0 Å². The predicted octanol–water partition coefficient (Wildman–Crippen LogP) is 2.65. The van der Waals surface area contributed by atoms with Crippen molar-refractivity contribution in [2.75, 3.05) is 0 Å². The molecule has 0 amide bonds. The smallest absolute Gasteiger partial charge is 0.321 e. The Kier molecular flexibility index (Phi) is 1.86. The van der Waals surface area contributed by atoms with Crippen molar-refractivity contribution in [3.05, 3.63) is 35.4 Å². The molecule has 0 bridgehead atoms. The summed E-state index contributed by atoms with van der Waals surface area (Å²) in [5.74, 6) is 0. The van der Waals surface area contributed by atoms with Crippen molar-refractivity contribution in [3.63, 3.8) is 0 Å². The molecule has 0 atom stereocenters. The first-order valence-electron chi connectivity index (χ1n) is 4.39. The van der Waals surface area contributed by atoms with Crippen molar-refractivity contribution in [1.29, 1.82) is 0 Å². The van der Waals surface area contributed by atoms with Gasteiger partial charge < -0.3 is 5.73 Å². The van der Waals surface area contributed by atoms with Crippen LogP contribution in [0.1, 0.15) is 24.0 Å². The lowest BCUT2D eigenvalue weighted by Gasteiger charge is -2.16. The second-order valence-electron chi connectivity index (χ2n) is 3.70. The molecule has 1 nitrogen and oxygen atoms in total. The van der Waals surface area contributed by atoms with Crippen LogP contribution in [0.4, 0.5) is 13.2 Å². The van der Waals surface area contributed by atoms with Crippen LogP contribution in [0.5, 0.6) is 0 Å². The topological polar surface area (TPSA) is 26.0 Å². The first kappa shape index (κ1) is 9.52. The summed E-state index contributed by atoms with van der Waals surface area (Å²) in [6.07, 6.45) is -3.02. The van der Waals surface area contributed by atoms with Gasteiger partial charge in [-0.25, -0.2) is 0 Å². The van der Waals surface area contributed by atoms with Gasteiger partial charge in [-0.3, -0.25) is 0 Å². The Labute approximate surface area is 79.7 Å². The third-order valence-electron chi connectivity index (χ3n) is 2.56. The second kappa shape index (κ2) is 2.73. The van der Waals surface area contributed by atoms with Gasteiger partial charge in [0.05, 0.1) is 5.56 Å². The number of halogens is 3. The number of hydrogen-bond donors (Lipinski definition) is 1. The van der Waals surface area contributed by atoms with E-state index in [2.05, 4.69) is 0 Å². The summed E-state index contributed by atoms with van der Waals surface area (Å²) in [5.41, 5.74) is 4.67. The second-order valence-corrected chi connectivity index (χ2v) is 3.70. The quantitative estimate of drug-likeness (QED) is 0.742. The van der Waals surface area contributed by atoms with E-state index < -0.39 is 17.3 Å². The van der Waals surface area contributed by atoms with E-state index in [1.54, 1.807) is 6.07 Å². The molecule has 1 aromatic rings. The Balaban J connectivity index is 2.50. The molecule has 0 radical (unpaired) electrons. The predicted molar refractivity (Wildman–Crippen MR) is 46.5 cm³/mol. The van der Waals surface area contributed by atoms with E-state index in [0.29, 0.717) is 12.8 Å². The molecule has 0 aliphatic heterocycles. The van der Waals surface area contributed by atoms with E-state index in [1.165, 1.54) is 12.1 Å². The first-order chi connectivity index (χ1) is 6.43. The van der Waals surface area contributed by atoms with Crippen LogP contribution >= 0.6 is 0 Å². The van der Waals surface area contributed by atoms with Crippen molar-refractivity contribution in [1.82, 2.24) is 0 Å². The Morgan fingerprint density at radius 3 is 2.21 bits per heavy atom. The maximum absolute atomic E-state index is 12.6. The molecule has 1 aliphatic rings. The number of nitrogens with two attached hydrogens (primary N) is 1. The first-order valence-corrected chi connectivity index (χ1v) is 4.39.